The number of rotatable bonds is 4. The lowest BCUT2D eigenvalue weighted by Crippen LogP contribution is -2.70. The summed E-state index contributed by atoms with van der Waals surface area (Å²) in [4.78, 5) is 30.1. The summed E-state index contributed by atoms with van der Waals surface area (Å²) in [6.07, 6.45) is 2.75. The molecule has 1 saturated heterocycles. The third-order valence-electron chi connectivity index (χ3n) is 7.00. The van der Waals surface area contributed by atoms with Crippen molar-refractivity contribution in [2.75, 3.05) is 24.8 Å². The maximum Gasteiger partial charge on any atom is 0.258 e. The number of fused-ring (bicyclic) bond motifs is 4. The number of hydrogen-bond donors (Lipinski definition) is 1. The fourth-order valence-corrected chi connectivity index (χ4v) is 5.29. The minimum atomic E-state index is -0.222. The second-order valence-electron chi connectivity index (χ2n) is 8.83. The zero-order valence-corrected chi connectivity index (χ0v) is 17.1. The number of hydrogen-bond acceptors (Lipinski definition) is 5. The minimum Gasteiger partial charge on any atom is -0.454 e. The smallest absolute Gasteiger partial charge is 0.258 e. The van der Waals surface area contributed by atoms with Crippen molar-refractivity contribution < 1.29 is 24.2 Å². The van der Waals surface area contributed by atoms with E-state index in [1.807, 2.05) is 29.2 Å². The van der Waals surface area contributed by atoms with E-state index in [1.165, 1.54) is 0 Å². The predicted octanol–water partition coefficient (Wildman–Crippen LogP) is 2.53. The molecule has 6 rings (SSSR count). The lowest BCUT2D eigenvalue weighted by atomic mass is 9.71. The van der Waals surface area contributed by atoms with Crippen LogP contribution in [0, 0.1) is 5.92 Å². The SMILES string of the molecule is O=C(c1ccc2c(c1)OCO2)N1C[C@@H]2[C@H](c3ccccc31)[C@@H](CO)N2C(=O)CC1CC1. The van der Waals surface area contributed by atoms with Crippen molar-refractivity contribution in [1.82, 2.24) is 4.90 Å². The van der Waals surface area contributed by atoms with Gasteiger partial charge in [-0.05, 0) is 48.6 Å². The van der Waals surface area contributed by atoms with Gasteiger partial charge in [0.2, 0.25) is 12.7 Å². The maximum atomic E-state index is 13.5. The Bertz CT molecular complexity index is 1070. The second-order valence-corrected chi connectivity index (χ2v) is 8.83. The molecule has 3 aliphatic heterocycles. The summed E-state index contributed by atoms with van der Waals surface area (Å²) in [6, 6.07) is 12.7. The van der Waals surface area contributed by atoms with E-state index in [1.54, 1.807) is 23.1 Å². The lowest BCUT2D eigenvalue weighted by Gasteiger charge is -2.59. The summed E-state index contributed by atoms with van der Waals surface area (Å²) < 4.78 is 10.8. The van der Waals surface area contributed by atoms with Gasteiger partial charge >= 0.3 is 0 Å². The van der Waals surface area contributed by atoms with Crippen LogP contribution in [-0.4, -0.2) is 53.8 Å². The molecule has 3 heterocycles. The number of likely N-dealkylation sites (tertiary alicyclic amines) is 1. The Kier molecular flexibility index (Phi) is 4.21. The molecule has 160 valence electrons. The number of carbonyl (C=O) groups is 2. The zero-order valence-electron chi connectivity index (χ0n) is 17.1. The first kappa shape index (κ1) is 18.7. The first-order valence-corrected chi connectivity index (χ1v) is 10.9. The molecule has 2 aromatic rings. The summed E-state index contributed by atoms with van der Waals surface area (Å²) in [5, 5.41) is 10.1. The number of benzene rings is 2. The highest BCUT2D eigenvalue weighted by Crippen LogP contribution is 2.49. The fraction of sp³-hybridized carbons (Fsp3) is 0.417. The van der Waals surface area contributed by atoms with Crippen LogP contribution in [0.5, 0.6) is 11.5 Å². The summed E-state index contributed by atoms with van der Waals surface area (Å²) in [7, 11) is 0. The van der Waals surface area contributed by atoms with Crippen molar-refractivity contribution in [2.24, 2.45) is 5.92 Å². The molecule has 0 spiro atoms. The monoisotopic (exact) mass is 420 g/mol. The normalized spacial score (nSPS) is 25.5. The number of anilines is 1. The van der Waals surface area contributed by atoms with Crippen molar-refractivity contribution >= 4 is 17.5 Å². The van der Waals surface area contributed by atoms with Gasteiger partial charge in [-0.25, -0.2) is 0 Å². The van der Waals surface area contributed by atoms with E-state index in [0.717, 1.165) is 24.1 Å². The number of ether oxygens (including phenoxy) is 2. The van der Waals surface area contributed by atoms with E-state index in [9.17, 15) is 14.7 Å². The highest BCUT2D eigenvalue weighted by molar-refractivity contribution is 6.07. The fourth-order valence-electron chi connectivity index (χ4n) is 5.29. The summed E-state index contributed by atoms with van der Waals surface area (Å²) >= 11 is 0. The number of carbonyl (C=O) groups excluding carboxylic acids is 2. The van der Waals surface area contributed by atoms with Gasteiger partial charge in [0, 0.05) is 30.1 Å². The molecule has 7 heteroatoms. The Morgan fingerprint density at radius 3 is 2.68 bits per heavy atom. The van der Waals surface area contributed by atoms with Gasteiger partial charge in [-0.2, -0.15) is 0 Å². The van der Waals surface area contributed by atoms with Gasteiger partial charge in [0.25, 0.3) is 5.91 Å². The van der Waals surface area contributed by atoms with Crippen molar-refractivity contribution in [1.29, 1.82) is 0 Å². The second kappa shape index (κ2) is 6.99. The van der Waals surface area contributed by atoms with Gasteiger partial charge in [0.1, 0.15) is 0 Å². The average Bonchev–Trinajstić information content (AvgIpc) is 3.45. The average molecular weight is 420 g/mol. The van der Waals surface area contributed by atoms with Crippen LogP contribution in [0.4, 0.5) is 5.69 Å². The molecular weight excluding hydrogens is 396 g/mol. The van der Waals surface area contributed by atoms with Crippen molar-refractivity contribution in [2.45, 2.75) is 37.3 Å². The van der Waals surface area contributed by atoms with Crippen LogP contribution in [0.3, 0.4) is 0 Å². The Labute approximate surface area is 180 Å². The van der Waals surface area contributed by atoms with Gasteiger partial charge < -0.3 is 24.4 Å². The van der Waals surface area contributed by atoms with Crippen molar-refractivity contribution in [3.8, 4) is 11.5 Å². The molecule has 3 atom stereocenters. The van der Waals surface area contributed by atoms with Crippen LogP contribution in [0.2, 0.25) is 0 Å². The van der Waals surface area contributed by atoms with Crippen LogP contribution < -0.4 is 14.4 Å². The molecule has 7 nitrogen and oxygen atoms in total. The number of para-hydroxylation sites is 1. The molecule has 2 fully saturated rings. The third-order valence-corrected chi connectivity index (χ3v) is 7.00. The zero-order chi connectivity index (χ0) is 21.1. The van der Waals surface area contributed by atoms with Gasteiger partial charge in [-0.3, -0.25) is 9.59 Å². The minimum absolute atomic E-state index is 0.0464. The summed E-state index contributed by atoms with van der Waals surface area (Å²) in [6.45, 7) is 0.508. The maximum absolute atomic E-state index is 13.5. The molecule has 0 bridgehead atoms. The van der Waals surface area contributed by atoms with E-state index >= 15 is 0 Å². The molecule has 0 unspecified atom stereocenters. The molecule has 1 N–H and O–H groups in total. The largest absolute Gasteiger partial charge is 0.454 e. The summed E-state index contributed by atoms with van der Waals surface area (Å²) in [5.74, 6) is 1.69. The number of nitrogens with zero attached hydrogens (tertiary/aromatic N) is 2. The highest BCUT2D eigenvalue weighted by atomic mass is 16.7. The Hall–Kier alpha value is -3.06. The van der Waals surface area contributed by atoms with E-state index in [0.29, 0.717) is 35.9 Å². The Morgan fingerprint density at radius 1 is 1.06 bits per heavy atom. The molecular formula is C24H24N2O5. The number of amides is 2. The van der Waals surface area contributed by atoms with Gasteiger partial charge in [-0.1, -0.05) is 18.2 Å². The third kappa shape index (κ3) is 2.91. The van der Waals surface area contributed by atoms with Crippen LogP contribution in [0.1, 0.15) is 41.1 Å². The van der Waals surface area contributed by atoms with Gasteiger partial charge in [0.15, 0.2) is 11.5 Å². The lowest BCUT2D eigenvalue weighted by molar-refractivity contribution is -0.150. The van der Waals surface area contributed by atoms with Crippen molar-refractivity contribution in [3.63, 3.8) is 0 Å². The number of aliphatic hydroxyl groups excluding tert-OH is 1. The van der Waals surface area contributed by atoms with Gasteiger partial charge in [-0.15, -0.1) is 0 Å². The van der Waals surface area contributed by atoms with E-state index in [-0.39, 0.29) is 43.2 Å². The number of aliphatic hydroxyl groups is 1. The molecule has 2 amide bonds. The van der Waals surface area contributed by atoms with Crippen LogP contribution in [0.15, 0.2) is 42.5 Å². The molecule has 1 saturated carbocycles. The van der Waals surface area contributed by atoms with E-state index in [2.05, 4.69) is 0 Å². The molecule has 0 radical (unpaired) electrons. The molecule has 31 heavy (non-hydrogen) atoms. The highest BCUT2D eigenvalue weighted by Gasteiger charge is 2.55. The quantitative estimate of drug-likeness (QED) is 0.822. The van der Waals surface area contributed by atoms with Crippen LogP contribution in [0.25, 0.3) is 0 Å². The van der Waals surface area contributed by atoms with Crippen molar-refractivity contribution in [3.05, 3.63) is 53.6 Å². The van der Waals surface area contributed by atoms with E-state index < -0.39 is 0 Å². The first-order valence-electron chi connectivity index (χ1n) is 10.9. The molecule has 1 aliphatic carbocycles. The molecule has 2 aromatic carbocycles. The first-order chi connectivity index (χ1) is 15.2. The standard InChI is InChI=1S/C24H24N2O5/c27-12-19-23-16-3-1-2-4-17(16)25(11-18(23)26(19)22(28)9-14-5-6-14)24(29)15-7-8-20-21(10-15)31-13-30-20/h1-4,7-8,10,14,18-19,23,27H,5-6,9,11-13H2/t18-,19-,23+/m1/s1. The molecule has 4 aliphatic rings. The predicted molar refractivity (Wildman–Crippen MR) is 112 cm³/mol. The van der Waals surface area contributed by atoms with Gasteiger partial charge in [0.05, 0.1) is 18.7 Å². The van der Waals surface area contributed by atoms with Crippen LogP contribution >= 0.6 is 0 Å². The Balaban J connectivity index is 1.34. The topological polar surface area (TPSA) is 79.3 Å². The molecule has 0 aromatic heterocycles. The summed E-state index contributed by atoms with van der Waals surface area (Å²) in [5.41, 5.74) is 2.38. The van der Waals surface area contributed by atoms with Crippen LogP contribution in [-0.2, 0) is 4.79 Å². The Morgan fingerprint density at radius 2 is 1.87 bits per heavy atom. The van der Waals surface area contributed by atoms with E-state index in [4.69, 9.17) is 9.47 Å².